The van der Waals surface area contributed by atoms with Gasteiger partial charge in [0.15, 0.2) is 0 Å². The zero-order chi connectivity index (χ0) is 11.3. The second-order valence-corrected chi connectivity index (χ2v) is 3.01. The van der Waals surface area contributed by atoms with Crippen LogP contribution in [0.4, 0.5) is 10.5 Å². The van der Waals surface area contributed by atoms with Gasteiger partial charge in [0.25, 0.3) is 0 Å². The zero-order valence-electron chi connectivity index (χ0n) is 7.67. The smallest absolute Gasteiger partial charge is 0.316 e. The number of benzene rings is 1. The van der Waals surface area contributed by atoms with E-state index in [1.54, 1.807) is 18.2 Å². The molecule has 15 heavy (non-hydrogen) atoms. The fourth-order valence-electron chi connectivity index (χ4n) is 0.965. The average Bonchev–Trinajstić information content (AvgIpc) is 2.18. The van der Waals surface area contributed by atoms with Crippen LogP contribution < -0.4 is 11.1 Å². The first-order chi connectivity index (χ1) is 7.13. The Kier molecular flexibility index (Phi) is 3.62. The molecule has 0 aromatic heterocycles. The molecule has 0 atom stereocenters. The van der Waals surface area contributed by atoms with Crippen molar-refractivity contribution in [3.63, 3.8) is 0 Å². The molecule has 3 nitrogen and oxygen atoms in total. The molecule has 1 aromatic carbocycles. The molecule has 0 bridgehead atoms. The number of hydrogen-bond donors (Lipinski definition) is 2. The zero-order valence-corrected chi connectivity index (χ0v) is 8.43. The third-order valence-electron chi connectivity index (χ3n) is 1.51. The van der Waals surface area contributed by atoms with E-state index < -0.39 is 6.03 Å². The third kappa shape index (κ3) is 3.27. The Balaban J connectivity index is 3.15. The Bertz CT molecular complexity index is 492. The Morgan fingerprint density at radius 3 is 2.87 bits per heavy atom. The summed E-state index contributed by atoms with van der Waals surface area (Å²) in [6.45, 7) is 0. The molecular weight excluding hydrogens is 212 g/mol. The topological polar surface area (TPSA) is 55.1 Å². The van der Waals surface area contributed by atoms with Gasteiger partial charge in [-0.3, -0.25) is 0 Å². The average molecular weight is 219 g/mol. The van der Waals surface area contributed by atoms with Crippen molar-refractivity contribution in [2.45, 2.75) is 0 Å². The van der Waals surface area contributed by atoms with Crippen molar-refractivity contribution < 1.29 is 4.79 Å². The van der Waals surface area contributed by atoms with Crippen LogP contribution in [0.5, 0.6) is 0 Å². The molecule has 0 radical (unpaired) electrons. The normalized spacial score (nSPS) is 8.27. The lowest BCUT2D eigenvalue weighted by Gasteiger charge is -2.04. The van der Waals surface area contributed by atoms with E-state index in [1.165, 1.54) is 0 Å². The minimum atomic E-state index is -0.666. The van der Waals surface area contributed by atoms with Crippen molar-refractivity contribution in [2.24, 2.45) is 5.73 Å². The predicted octanol–water partition coefficient (Wildman–Crippen LogP) is 1.82. The number of carbonyl (C=O) groups is 1. The summed E-state index contributed by atoms with van der Waals surface area (Å²) in [5.74, 6) is 7.27. The number of nitrogens with one attached hydrogen (secondary N) is 1. The van der Waals surface area contributed by atoms with Gasteiger partial charge in [0.2, 0.25) is 0 Å². The SMILES string of the molecule is C#CC#Cc1cc(Cl)ccc1NC(N)=O. The predicted molar refractivity (Wildman–Crippen MR) is 60.4 cm³/mol. The molecule has 0 spiro atoms. The van der Waals surface area contributed by atoms with Crippen LogP contribution in [-0.2, 0) is 0 Å². The highest BCUT2D eigenvalue weighted by atomic mass is 35.5. The van der Waals surface area contributed by atoms with Crippen LogP contribution in [-0.4, -0.2) is 6.03 Å². The van der Waals surface area contributed by atoms with Gasteiger partial charge in [-0.2, -0.15) is 0 Å². The van der Waals surface area contributed by atoms with E-state index in [0.29, 0.717) is 16.3 Å². The van der Waals surface area contributed by atoms with Gasteiger partial charge in [0.1, 0.15) is 0 Å². The standard InChI is InChI=1S/C11H7ClN2O/c1-2-3-4-8-7-9(12)5-6-10(8)14-11(13)15/h1,5-7H,(H3,13,14,15). The maximum absolute atomic E-state index is 10.7. The quantitative estimate of drug-likeness (QED) is 0.694. The lowest BCUT2D eigenvalue weighted by Crippen LogP contribution is -2.19. The van der Waals surface area contributed by atoms with Gasteiger partial charge in [-0.15, -0.1) is 6.42 Å². The summed E-state index contributed by atoms with van der Waals surface area (Å²) in [4.78, 5) is 10.7. The number of rotatable bonds is 1. The highest BCUT2D eigenvalue weighted by molar-refractivity contribution is 6.30. The summed E-state index contributed by atoms with van der Waals surface area (Å²) in [5.41, 5.74) is 6.00. The van der Waals surface area contributed by atoms with Gasteiger partial charge < -0.3 is 11.1 Å². The molecule has 0 saturated heterocycles. The Morgan fingerprint density at radius 2 is 2.27 bits per heavy atom. The van der Waals surface area contributed by atoms with Crippen LogP contribution in [0, 0.1) is 24.2 Å². The molecule has 0 aliphatic rings. The molecule has 0 saturated carbocycles. The first-order valence-corrected chi connectivity index (χ1v) is 4.34. The highest BCUT2D eigenvalue weighted by Gasteiger charge is 2.02. The second kappa shape index (κ2) is 4.95. The van der Waals surface area contributed by atoms with E-state index >= 15 is 0 Å². The number of primary amides is 1. The first-order valence-electron chi connectivity index (χ1n) is 3.96. The number of urea groups is 1. The number of nitrogens with two attached hydrogens (primary N) is 1. The number of terminal acetylenes is 1. The van der Waals surface area contributed by atoms with Crippen molar-refractivity contribution >= 4 is 23.3 Å². The van der Waals surface area contributed by atoms with Gasteiger partial charge in [-0.25, -0.2) is 4.79 Å². The summed E-state index contributed by atoms with van der Waals surface area (Å²) < 4.78 is 0. The molecule has 74 valence electrons. The van der Waals surface area contributed by atoms with E-state index in [0.717, 1.165) is 0 Å². The van der Waals surface area contributed by atoms with Crippen LogP contribution in [0.3, 0.4) is 0 Å². The largest absolute Gasteiger partial charge is 0.351 e. The highest BCUT2D eigenvalue weighted by Crippen LogP contribution is 2.19. The van der Waals surface area contributed by atoms with Crippen LogP contribution in [0.2, 0.25) is 5.02 Å². The molecule has 0 heterocycles. The maximum Gasteiger partial charge on any atom is 0.316 e. The molecule has 4 heteroatoms. The molecule has 1 rings (SSSR count). The minimum absolute atomic E-state index is 0.481. The van der Waals surface area contributed by atoms with Gasteiger partial charge in [-0.1, -0.05) is 17.5 Å². The Labute approximate surface area is 92.6 Å². The van der Waals surface area contributed by atoms with Crippen molar-refractivity contribution in [1.82, 2.24) is 0 Å². The second-order valence-electron chi connectivity index (χ2n) is 2.57. The van der Waals surface area contributed by atoms with E-state index in [-0.39, 0.29) is 0 Å². The molecule has 0 aliphatic carbocycles. The van der Waals surface area contributed by atoms with Crippen LogP contribution >= 0.6 is 11.6 Å². The third-order valence-corrected chi connectivity index (χ3v) is 1.74. The molecule has 1 aromatic rings. The van der Waals surface area contributed by atoms with E-state index in [2.05, 4.69) is 23.1 Å². The number of anilines is 1. The van der Waals surface area contributed by atoms with Gasteiger partial charge in [0, 0.05) is 5.02 Å². The van der Waals surface area contributed by atoms with Gasteiger partial charge in [-0.05, 0) is 30.0 Å². The molecule has 0 fully saturated rings. The van der Waals surface area contributed by atoms with E-state index in [9.17, 15) is 4.79 Å². The lowest BCUT2D eigenvalue weighted by atomic mass is 10.2. The number of amides is 2. The molecule has 0 aliphatic heterocycles. The summed E-state index contributed by atoms with van der Waals surface area (Å²) in [6.07, 6.45) is 5.00. The van der Waals surface area contributed by atoms with Gasteiger partial charge >= 0.3 is 6.03 Å². The van der Waals surface area contributed by atoms with E-state index in [4.69, 9.17) is 23.8 Å². The van der Waals surface area contributed by atoms with Crippen LogP contribution in [0.25, 0.3) is 0 Å². The summed E-state index contributed by atoms with van der Waals surface area (Å²) in [5, 5.41) is 2.92. The Morgan fingerprint density at radius 1 is 1.53 bits per heavy atom. The van der Waals surface area contributed by atoms with Crippen molar-refractivity contribution in [3.8, 4) is 24.2 Å². The monoisotopic (exact) mass is 218 g/mol. The first kappa shape index (κ1) is 11.0. The lowest BCUT2D eigenvalue weighted by molar-refractivity contribution is 0.259. The number of hydrogen-bond acceptors (Lipinski definition) is 1. The molecular formula is C11H7ClN2O. The summed E-state index contributed by atoms with van der Waals surface area (Å²) in [6, 6.07) is 4.15. The van der Waals surface area contributed by atoms with Gasteiger partial charge in [0.05, 0.1) is 11.3 Å². The summed E-state index contributed by atoms with van der Waals surface area (Å²) in [7, 11) is 0. The number of halogens is 1. The summed E-state index contributed by atoms with van der Waals surface area (Å²) >= 11 is 5.77. The maximum atomic E-state index is 10.7. The fraction of sp³-hybridized carbons (Fsp3) is 0. The van der Waals surface area contributed by atoms with Crippen molar-refractivity contribution in [3.05, 3.63) is 28.8 Å². The molecule has 2 amide bonds. The fourth-order valence-corrected chi connectivity index (χ4v) is 1.14. The molecule has 0 unspecified atom stereocenters. The van der Waals surface area contributed by atoms with Crippen molar-refractivity contribution in [2.75, 3.05) is 5.32 Å². The van der Waals surface area contributed by atoms with Crippen LogP contribution in [0.15, 0.2) is 18.2 Å². The number of carbonyl (C=O) groups excluding carboxylic acids is 1. The Hall–Kier alpha value is -2.10. The van der Waals surface area contributed by atoms with E-state index in [1.807, 2.05) is 0 Å². The minimum Gasteiger partial charge on any atom is -0.351 e. The van der Waals surface area contributed by atoms with Crippen LogP contribution in [0.1, 0.15) is 5.56 Å². The molecule has 3 N–H and O–H groups in total. The van der Waals surface area contributed by atoms with Crippen molar-refractivity contribution in [1.29, 1.82) is 0 Å².